The molecule has 2 heterocycles. The maximum Gasteiger partial charge on any atom is 0.167 e. The molecule has 20 heavy (non-hydrogen) atoms. The minimum absolute atomic E-state index is 0.181. The van der Waals surface area contributed by atoms with E-state index in [9.17, 15) is 8.78 Å². The average Bonchev–Trinajstić information content (AvgIpc) is 3.20. The normalized spacial score (nSPS) is 21.8. The molecular weight excluding hydrogens is 262 g/mol. The lowest BCUT2D eigenvalue weighted by molar-refractivity contribution is 0.382. The maximum absolute atomic E-state index is 13.9. The quantitative estimate of drug-likeness (QED) is 0.915. The molecule has 104 valence electrons. The van der Waals surface area contributed by atoms with E-state index >= 15 is 0 Å². The first kappa shape index (κ1) is 12.0. The van der Waals surface area contributed by atoms with Crippen LogP contribution in [0.4, 0.5) is 8.78 Å². The Labute approximate surface area is 114 Å². The number of nitrogens with zero attached hydrogens (tertiary/aromatic N) is 3. The Kier molecular flexibility index (Phi) is 2.60. The van der Waals surface area contributed by atoms with E-state index in [1.54, 1.807) is 0 Å². The third kappa shape index (κ3) is 1.83. The summed E-state index contributed by atoms with van der Waals surface area (Å²) in [7, 11) is 0. The van der Waals surface area contributed by atoms with Crippen molar-refractivity contribution in [2.75, 3.05) is 6.54 Å². The molecule has 2 aromatic rings. The molecule has 0 bridgehead atoms. The zero-order valence-electron chi connectivity index (χ0n) is 10.8. The van der Waals surface area contributed by atoms with E-state index in [2.05, 4.69) is 15.5 Å². The summed E-state index contributed by atoms with van der Waals surface area (Å²) in [6, 6.07) is 3.62. The lowest BCUT2D eigenvalue weighted by atomic mass is 10.1. The Morgan fingerprint density at radius 2 is 2.05 bits per heavy atom. The van der Waals surface area contributed by atoms with E-state index in [1.165, 1.54) is 18.9 Å². The van der Waals surface area contributed by atoms with Crippen molar-refractivity contribution in [2.45, 2.75) is 25.4 Å². The molecule has 1 atom stereocenters. The summed E-state index contributed by atoms with van der Waals surface area (Å²) in [6.45, 7) is 1.48. The molecule has 1 saturated carbocycles. The summed E-state index contributed by atoms with van der Waals surface area (Å²) in [5.74, 6) is 0.930. The van der Waals surface area contributed by atoms with Gasteiger partial charge in [-0.3, -0.25) is 0 Å². The van der Waals surface area contributed by atoms with E-state index in [0.29, 0.717) is 18.3 Å². The van der Waals surface area contributed by atoms with Crippen LogP contribution in [-0.2, 0) is 6.54 Å². The van der Waals surface area contributed by atoms with Crippen LogP contribution in [0.1, 0.15) is 24.7 Å². The van der Waals surface area contributed by atoms with Crippen molar-refractivity contribution in [3.8, 4) is 11.4 Å². The van der Waals surface area contributed by atoms with Gasteiger partial charge in [0, 0.05) is 13.1 Å². The van der Waals surface area contributed by atoms with Crippen LogP contribution >= 0.6 is 0 Å². The lowest BCUT2D eigenvalue weighted by Crippen LogP contribution is -2.35. The fourth-order valence-corrected chi connectivity index (χ4v) is 2.86. The van der Waals surface area contributed by atoms with Gasteiger partial charge in [-0.05, 0) is 37.0 Å². The van der Waals surface area contributed by atoms with Crippen LogP contribution in [0.5, 0.6) is 0 Å². The summed E-state index contributed by atoms with van der Waals surface area (Å²) < 4.78 is 29.2. The molecule has 1 aliphatic heterocycles. The number of rotatable bonds is 2. The van der Waals surface area contributed by atoms with Gasteiger partial charge in [-0.1, -0.05) is 0 Å². The standard InChI is InChI=1S/C14H14F2N4/c15-9-3-4-11(16)10(7-9)13-18-19-14-12(8-1-2-8)17-5-6-20(13)14/h3-4,7-8,12,17H,1-2,5-6H2. The van der Waals surface area contributed by atoms with Crippen molar-refractivity contribution in [1.29, 1.82) is 0 Å². The topological polar surface area (TPSA) is 42.7 Å². The zero-order valence-corrected chi connectivity index (χ0v) is 10.8. The van der Waals surface area contributed by atoms with Crippen LogP contribution < -0.4 is 5.32 Å². The zero-order chi connectivity index (χ0) is 13.7. The molecule has 1 aliphatic carbocycles. The van der Waals surface area contributed by atoms with Gasteiger partial charge in [0.25, 0.3) is 0 Å². The van der Waals surface area contributed by atoms with Crippen molar-refractivity contribution in [3.05, 3.63) is 35.7 Å². The molecule has 0 spiro atoms. The first-order chi connectivity index (χ1) is 9.74. The summed E-state index contributed by atoms with van der Waals surface area (Å²) in [5, 5.41) is 11.7. The summed E-state index contributed by atoms with van der Waals surface area (Å²) in [4.78, 5) is 0. The third-order valence-electron chi connectivity index (χ3n) is 4.02. The second-order valence-electron chi connectivity index (χ2n) is 5.43. The molecule has 4 rings (SSSR count). The Balaban J connectivity index is 1.82. The van der Waals surface area contributed by atoms with Crippen LogP contribution in [-0.4, -0.2) is 21.3 Å². The predicted molar refractivity (Wildman–Crippen MR) is 68.8 cm³/mol. The van der Waals surface area contributed by atoms with Gasteiger partial charge < -0.3 is 9.88 Å². The Bertz CT molecular complexity index is 663. The van der Waals surface area contributed by atoms with Gasteiger partial charge in [0.1, 0.15) is 11.6 Å². The molecule has 1 N–H and O–H groups in total. The average molecular weight is 276 g/mol. The number of benzene rings is 1. The SMILES string of the molecule is Fc1ccc(F)c(-c2nnc3n2CCNC3C2CC2)c1. The van der Waals surface area contributed by atoms with Crippen LogP contribution in [0.25, 0.3) is 11.4 Å². The van der Waals surface area contributed by atoms with Crippen LogP contribution in [0, 0.1) is 17.6 Å². The van der Waals surface area contributed by atoms with Gasteiger partial charge in [-0.2, -0.15) is 0 Å². The molecule has 1 unspecified atom stereocenters. The lowest BCUT2D eigenvalue weighted by Gasteiger charge is -2.25. The second-order valence-corrected chi connectivity index (χ2v) is 5.43. The van der Waals surface area contributed by atoms with E-state index in [0.717, 1.165) is 24.5 Å². The largest absolute Gasteiger partial charge is 0.308 e. The van der Waals surface area contributed by atoms with Crippen LogP contribution in [0.2, 0.25) is 0 Å². The minimum atomic E-state index is -0.469. The van der Waals surface area contributed by atoms with Crippen LogP contribution in [0.3, 0.4) is 0 Å². The van der Waals surface area contributed by atoms with Gasteiger partial charge in [0.05, 0.1) is 11.6 Å². The van der Waals surface area contributed by atoms with E-state index in [4.69, 9.17) is 0 Å². The van der Waals surface area contributed by atoms with E-state index < -0.39 is 11.6 Å². The van der Waals surface area contributed by atoms with Gasteiger partial charge in [0.2, 0.25) is 0 Å². The van der Waals surface area contributed by atoms with Crippen molar-refractivity contribution in [2.24, 2.45) is 5.92 Å². The summed E-state index contributed by atoms with van der Waals surface area (Å²) >= 11 is 0. The van der Waals surface area contributed by atoms with E-state index in [-0.39, 0.29) is 11.6 Å². The van der Waals surface area contributed by atoms with Crippen LogP contribution in [0.15, 0.2) is 18.2 Å². The third-order valence-corrected chi connectivity index (χ3v) is 4.02. The number of fused-ring (bicyclic) bond motifs is 1. The molecular formula is C14H14F2N4. The number of nitrogens with one attached hydrogen (secondary N) is 1. The molecule has 6 heteroatoms. The minimum Gasteiger partial charge on any atom is -0.308 e. The molecule has 4 nitrogen and oxygen atoms in total. The number of aromatic nitrogens is 3. The first-order valence-electron chi connectivity index (χ1n) is 6.86. The Hall–Kier alpha value is -1.82. The molecule has 1 aromatic carbocycles. The van der Waals surface area contributed by atoms with Gasteiger partial charge in [-0.25, -0.2) is 8.78 Å². The number of hydrogen-bond acceptors (Lipinski definition) is 3. The van der Waals surface area contributed by atoms with Crippen molar-refractivity contribution in [1.82, 2.24) is 20.1 Å². The maximum atomic E-state index is 13.9. The number of hydrogen-bond donors (Lipinski definition) is 1. The van der Waals surface area contributed by atoms with E-state index in [1.807, 2.05) is 4.57 Å². The number of halogens is 2. The van der Waals surface area contributed by atoms with Crippen molar-refractivity contribution < 1.29 is 8.78 Å². The van der Waals surface area contributed by atoms with Gasteiger partial charge in [-0.15, -0.1) is 10.2 Å². The first-order valence-corrected chi connectivity index (χ1v) is 6.86. The Morgan fingerprint density at radius 1 is 1.20 bits per heavy atom. The monoisotopic (exact) mass is 276 g/mol. The van der Waals surface area contributed by atoms with Crippen molar-refractivity contribution >= 4 is 0 Å². The predicted octanol–water partition coefficient (Wildman–Crippen LogP) is 2.28. The summed E-state index contributed by atoms with van der Waals surface area (Å²) in [6.07, 6.45) is 2.38. The highest BCUT2D eigenvalue weighted by Crippen LogP contribution is 2.42. The molecule has 2 aliphatic rings. The molecule has 1 fully saturated rings. The molecule has 0 radical (unpaired) electrons. The Morgan fingerprint density at radius 3 is 2.85 bits per heavy atom. The molecule has 1 aromatic heterocycles. The highest BCUT2D eigenvalue weighted by molar-refractivity contribution is 5.56. The smallest absolute Gasteiger partial charge is 0.167 e. The summed E-state index contributed by atoms with van der Waals surface area (Å²) in [5.41, 5.74) is 0.181. The highest BCUT2D eigenvalue weighted by atomic mass is 19.1. The fourth-order valence-electron chi connectivity index (χ4n) is 2.86. The van der Waals surface area contributed by atoms with Gasteiger partial charge in [0.15, 0.2) is 11.6 Å². The highest BCUT2D eigenvalue weighted by Gasteiger charge is 2.37. The second kappa shape index (κ2) is 4.34. The van der Waals surface area contributed by atoms with Crippen molar-refractivity contribution in [3.63, 3.8) is 0 Å². The molecule has 0 amide bonds. The fraction of sp³-hybridized carbons (Fsp3) is 0.429. The molecule has 0 saturated heterocycles. The van der Waals surface area contributed by atoms with Gasteiger partial charge >= 0.3 is 0 Å².